The maximum absolute atomic E-state index is 11.7. The summed E-state index contributed by atoms with van der Waals surface area (Å²) in [6.07, 6.45) is 3.43. The van der Waals surface area contributed by atoms with Crippen molar-refractivity contribution in [1.29, 1.82) is 0 Å². The quantitative estimate of drug-likeness (QED) is 0.609. The zero-order chi connectivity index (χ0) is 15.0. The topological polar surface area (TPSA) is 93.5 Å². The highest BCUT2D eigenvalue weighted by molar-refractivity contribution is 5.75. The van der Waals surface area contributed by atoms with Gasteiger partial charge in [-0.25, -0.2) is 4.98 Å². The van der Waals surface area contributed by atoms with E-state index in [1.54, 1.807) is 12.5 Å². The first-order valence-electron chi connectivity index (χ1n) is 6.65. The Labute approximate surface area is 119 Å². The van der Waals surface area contributed by atoms with Gasteiger partial charge in [0.1, 0.15) is 12.6 Å². The van der Waals surface area contributed by atoms with Crippen molar-refractivity contribution in [3.8, 4) is 0 Å². The molecule has 1 heterocycles. The predicted molar refractivity (Wildman–Crippen MR) is 75.2 cm³/mol. The molecule has 0 aliphatic heterocycles. The Morgan fingerprint density at radius 3 is 2.90 bits per heavy atom. The van der Waals surface area contributed by atoms with Gasteiger partial charge in [0, 0.05) is 24.9 Å². The number of esters is 1. The van der Waals surface area contributed by atoms with Crippen LogP contribution in [0, 0.1) is 0 Å². The summed E-state index contributed by atoms with van der Waals surface area (Å²) in [5.74, 6) is -0.428. The summed E-state index contributed by atoms with van der Waals surface area (Å²) < 4.78 is 10.6. The zero-order valence-corrected chi connectivity index (χ0v) is 12.3. The molecule has 0 saturated heterocycles. The van der Waals surface area contributed by atoms with Crippen LogP contribution < -0.4 is 5.73 Å². The van der Waals surface area contributed by atoms with E-state index < -0.39 is 12.0 Å². The summed E-state index contributed by atoms with van der Waals surface area (Å²) in [5, 5.41) is 0. The average Bonchev–Trinajstić information content (AvgIpc) is 2.88. The monoisotopic (exact) mass is 284 g/mol. The van der Waals surface area contributed by atoms with Gasteiger partial charge < -0.3 is 25.1 Å². The van der Waals surface area contributed by atoms with Gasteiger partial charge in [-0.2, -0.15) is 0 Å². The molecule has 114 valence electrons. The number of likely N-dealkylation sites (N-methyl/N-ethyl adjacent to an activating group) is 1. The molecule has 0 radical (unpaired) electrons. The van der Waals surface area contributed by atoms with E-state index in [9.17, 15) is 4.79 Å². The Kier molecular flexibility index (Phi) is 7.21. The maximum atomic E-state index is 11.7. The smallest absolute Gasteiger partial charge is 0.323 e. The van der Waals surface area contributed by atoms with E-state index >= 15 is 0 Å². The van der Waals surface area contributed by atoms with Crippen LogP contribution in [0.5, 0.6) is 0 Å². The van der Waals surface area contributed by atoms with Crippen molar-refractivity contribution in [1.82, 2.24) is 14.9 Å². The highest BCUT2D eigenvalue weighted by Crippen LogP contribution is 2.00. The molecule has 3 N–H and O–H groups in total. The van der Waals surface area contributed by atoms with Gasteiger partial charge in [0.05, 0.1) is 19.0 Å². The van der Waals surface area contributed by atoms with E-state index in [1.165, 1.54) is 0 Å². The first-order chi connectivity index (χ1) is 9.49. The van der Waals surface area contributed by atoms with Crippen molar-refractivity contribution in [3.05, 3.63) is 18.2 Å². The summed E-state index contributed by atoms with van der Waals surface area (Å²) in [7, 11) is 3.95. The Morgan fingerprint density at radius 1 is 1.55 bits per heavy atom. The van der Waals surface area contributed by atoms with Crippen LogP contribution in [0.2, 0.25) is 0 Å². The summed E-state index contributed by atoms with van der Waals surface area (Å²) in [5.41, 5.74) is 6.57. The molecule has 1 aromatic rings. The Bertz CT molecular complexity index is 381. The lowest BCUT2D eigenvalue weighted by molar-refractivity contribution is -0.149. The minimum atomic E-state index is -0.690. The Morgan fingerprint density at radius 2 is 2.30 bits per heavy atom. The first-order valence-corrected chi connectivity index (χ1v) is 6.65. The number of aromatic amines is 1. The third kappa shape index (κ3) is 6.65. The van der Waals surface area contributed by atoms with Crippen molar-refractivity contribution in [2.75, 3.05) is 33.9 Å². The summed E-state index contributed by atoms with van der Waals surface area (Å²) >= 11 is 0. The fraction of sp³-hybridized carbons (Fsp3) is 0.692. The number of H-pyrrole nitrogens is 1. The van der Waals surface area contributed by atoms with Crippen molar-refractivity contribution in [3.63, 3.8) is 0 Å². The van der Waals surface area contributed by atoms with Gasteiger partial charge in [-0.05, 0) is 21.0 Å². The first kappa shape index (κ1) is 16.6. The molecule has 1 rings (SSSR count). The molecule has 0 bridgehead atoms. The van der Waals surface area contributed by atoms with Crippen LogP contribution in [0.25, 0.3) is 0 Å². The van der Waals surface area contributed by atoms with Gasteiger partial charge in [-0.15, -0.1) is 0 Å². The highest BCUT2D eigenvalue weighted by Gasteiger charge is 2.17. The normalized spacial score (nSPS) is 14.2. The number of nitrogens with zero attached hydrogens (tertiary/aromatic N) is 2. The van der Waals surface area contributed by atoms with Crippen molar-refractivity contribution >= 4 is 5.97 Å². The number of rotatable bonds is 9. The zero-order valence-electron chi connectivity index (χ0n) is 12.3. The molecule has 0 aliphatic carbocycles. The van der Waals surface area contributed by atoms with Crippen LogP contribution in [0.4, 0.5) is 0 Å². The summed E-state index contributed by atoms with van der Waals surface area (Å²) in [4.78, 5) is 20.5. The number of carbonyl (C=O) groups is 1. The van der Waals surface area contributed by atoms with Gasteiger partial charge in [0.25, 0.3) is 0 Å². The number of aromatic nitrogens is 2. The van der Waals surface area contributed by atoms with Gasteiger partial charge in [0.2, 0.25) is 0 Å². The van der Waals surface area contributed by atoms with E-state index in [0.29, 0.717) is 13.0 Å². The van der Waals surface area contributed by atoms with E-state index in [2.05, 4.69) is 9.97 Å². The van der Waals surface area contributed by atoms with Gasteiger partial charge in [-0.3, -0.25) is 4.79 Å². The minimum absolute atomic E-state index is 0.141. The van der Waals surface area contributed by atoms with Crippen LogP contribution >= 0.6 is 0 Å². The van der Waals surface area contributed by atoms with E-state index in [0.717, 1.165) is 12.2 Å². The van der Waals surface area contributed by atoms with Crippen LogP contribution in [0.3, 0.4) is 0 Å². The highest BCUT2D eigenvalue weighted by atomic mass is 16.6. The molecular weight excluding hydrogens is 260 g/mol. The lowest BCUT2D eigenvalue weighted by Gasteiger charge is -2.17. The van der Waals surface area contributed by atoms with E-state index in [-0.39, 0.29) is 12.7 Å². The number of nitrogens with two attached hydrogens (primary N) is 1. The maximum Gasteiger partial charge on any atom is 0.323 e. The third-order valence-corrected chi connectivity index (χ3v) is 2.70. The number of hydrogen-bond acceptors (Lipinski definition) is 6. The lowest BCUT2D eigenvalue weighted by Crippen LogP contribution is -2.36. The summed E-state index contributed by atoms with van der Waals surface area (Å²) in [6.45, 7) is 3.51. The SMILES string of the molecule is CC(COC(=O)C(N)Cc1cnc[nH]1)OCCN(C)C. The largest absolute Gasteiger partial charge is 0.462 e. The lowest BCUT2D eigenvalue weighted by atomic mass is 10.2. The molecule has 7 nitrogen and oxygen atoms in total. The number of imidazole rings is 1. The van der Waals surface area contributed by atoms with Gasteiger partial charge in [-0.1, -0.05) is 0 Å². The minimum Gasteiger partial charge on any atom is -0.462 e. The molecule has 2 atom stereocenters. The molecule has 1 aromatic heterocycles. The van der Waals surface area contributed by atoms with Crippen molar-refractivity contribution in [2.24, 2.45) is 5.73 Å². The molecule has 7 heteroatoms. The molecule has 0 amide bonds. The second-order valence-electron chi connectivity index (χ2n) is 5.00. The van der Waals surface area contributed by atoms with Crippen LogP contribution in [0.1, 0.15) is 12.6 Å². The molecule has 0 aliphatic rings. The number of nitrogens with one attached hydrogen (secondary N) is 1. The van der Waals surface area contributed by atoms with Gasteiger partial charge >= 0.3 is 5.97 Å². The van der Waals surface area contributed by atoms with E-state index in [1.807, 2.05) is 25.9 Å². The fourth-order valence-corrected chi connectivity index (χ4v) is 1.51. The Hall–Kier alpha value is -1.44. The number of ether oxygens (including phenoxy) is 2. The number of hydrogen-bond donors (Lipinski definition) is 2. The second kappa shape index (κ2) is 8.68. The average molecular weight is 284 g/mol. The number of carbonyl (C=O) groups excluding carboxylic acids is 1. The fourth-order valence-electron chi connectivity index (χ4n) is 1.51. The summed E-state index contributed by atoms with van der Waals surface area (Å²) in [6, 6.07) is -0.690. The van der Waals surface area contributed by atoms with Crippen LogP contribution in [0.15, 0.2) is 12.5 Å². The van der Waals surface area contributed by atoms with Crippen LogP contribution in [-0.2, 0) is 20.7 Å². The van der Waals surface area contributed by atoms with Gasteiger partial charge in [0.15, 0.2) is 0 Å². The molecule has 0 fully saturated rings. The molecule has 20 heavy (non-hydrogen) atoms. The molecule has 0 spiro atoms. The van der Waals surface area contributed by atoms with Crippen molar-refractivity contribution in [2.45, 2.75) is 25.5 Å². The van der Waals surface area contributed by atoms with Crippen molar-refractivity contribution < 1.29 is 14.3 Å². The standard InChI is InChI=1S/C13H24N4O3/c1-10(19-5-4-17(2)3)8-20-13(18)12(14)6-11-7-15-9-16-11/h7,9-10,12H,4-6,8,14H2,1-3H3,(H,15,16). The molecule has 2 unspecified atom stereocenters. The molecule has 0 saturated carbocycles. The molecule has 0 aromatic carbocycles. The van der Waals surface area contributed by atoms with Crippen LogP contribution in [-0.4, -0.2) is 66.8 Å². The molecular formula is C13H24N4O3. The third-order valence-electron chi connectivity index (χ3n) is 2.70. The van der Waals surface area contributed by atoms with E-state index in [4.69, 9.17) is 15.2 Å². The second-order valence-corrected chi connectivity index (χ2v) is 5.00. The Balaban J connectivity index is 2.18. The predicted octanol–water partition coefficient (Wildman–Crippen LogP) is -0.211.